The Balaban J connectivity index is 1.32. The van der Waals surface area contributed by atoms with Gasteiger partial charge in [0, 0.05) is 56.0 Å². The molecule has 0 spiro atoms. The Labute approximate surface area is 182 Å². The van der Waals surface area contributed by atoms with Crippen molar-refractivity contribution in [1.29, 1.82) is 0 Å². The molecular formula is C25H29FN4O. The highest BCUT2D eigenvalue weighted by Crippen LogP contribution is 2.22. The van der Waals surface area contributed by atoms with Crippen LogP contribution >= 0.6 is 0 Å². The molecule has 0 atom stereocenters. The zero-order valence-corrected chi connectivity index (χ0v) is 18.1. The Morgan fingerprint density at radius 3 is 2.48 bits per heavy atom. The average molecular weight is 421 g/mol. The Hall–Kier alpha value is -2.99. The number of fused-ring (bicyclic) bond motifs is 1. The fourth-order valence-electron chi connectivity index (χ4n) is 3.98. The highest BCUT2D eigenvalue weighted by molar-refractivity contribution is 6.06. The smallest absolute Gasteiger partial charge is 0.252 e. The fourth-order valence-corrected chi connectivity index (χ4v) is 3.98. The third-order valence-electron chi connectivity index (χ3n) is 5.85. The van der Waals surface area contributed by atoms with Gasteiger partial charge >= 0.3 is 0 Å². The summed E-state index contributed by atoms with van der Waals surface area (Å²) >= 11 is 0. The van der Waals surface area contributed by atoms with E-state index in [0.29, 0.717) is 12.1 Å². The van der Waals surface area contributed by atoms with E-state index in [1.54, 1.807) is 0 Å². The average Bonchev–Trinajstić information content (AvgIpc) is 2.79. The number of carbonyl (C=O) groups excluding carboxylic acids is 1. The van der Waals surface area contributed by atoms with Gasteiger partial charge in [-0.05, 0) is 42.3 Å². The molecule has 31 heavy (non-hydrogen) atoms. The molecular weight excluding hydrogens is 391 g/mol. The summed E-state index contributed by atoms with van der Waals surface area (Å²) < 4.78 is 13.1. The quantitative estimate of drug-likeness (QED) is 0.654. The first-order chi connectivity index (χ1) is 15.0. The Morgan fingerprint density at radius 2 is 1.77 bits per heavy atom. The standard InChI is InChI=1S/C25H29FN4O/c1-18(2)24-17-22(21-5-3-4-6-23(21)28-24)25(31)27-11-12-29-13-15-30(16-14-29)20-9-7-19(26)8-10-20/h3-10,17-18H,11-16H2,1-2H3,(H,27,31). The van der Waals surface area contributed by atoms with Crippen LogP contribution in [-0.2, 0) is 0 Å². The van der Waals surface area contributed by atoms with E-state index in [2.05, 4.69) is 29.0 Å². The molecule has 4 rings (SSSR count). The van der Waals surface area contributed by atoms with Gasteiger partial charge in [-0.15, -0.1) is 0 Å². The second kappa shape index (κ2) is 9.43. The van der Waals surface area contributed by atoms with Crippen LogP contribution in [0.25, 0.3) is 10.9 Å². The van der Waals surface area contributed by atoms with Gasteiger partial charge in [0.25, 0.3) is 5.91 Å². The number of benzene rings is 2. The van der Waals surface area contributed by atoms with Crippen molar-refractivity contribution in [2.75, 3.05) is 44.2 Å². The Bertz CT molecular complexity index is 1040. The van der Waals surface area contributed by atoms with Crippen LogP contribution in [0.15, 0.2) is 54.6 Å². The summed E-state index contributed by atoms with van der Waals surface area (Å²) in [6.45, 7) is 9.21. The van der Waals surface area contributed by atoms with Crippen LogP contribution in [0.3, 0.4) is 0 Å². The van der Waals surface area contributed by atoms with Gasteiger partial charge in [-0.3, -0.25) is 14.7 Å². The van der Waals surface area contributed by atoms with Crippen molar-refractivity contribution in [2.45, 2.75) is 19.8 Å². The first kappa shape index (κ1) is 21.2. The topological polar surface area (TPSA) is 48.5 Å². The molecule has 0 aliphatic carbocycles. The summed E-state index contributed by atoms with van der Waals surface area (Å²) in [7, 11) is 0. The number of amides is 1. The number of hydrogen-bond acceptors (Lipinski definition) is 4. The van der Waals surface area contributed by atoms with Gasteiger partial charge in [0.05, 0.1) is 11.1 Å². The van der Waals surface area contributed by atoms with Crippen molar-refractivity contribution in [2.24, 2.45) is 0 Å². The molecule has 1 aliphatic heterocycles. The van der Waals surface area contributed by atoms with Crippen molar-refractivity contribution < 1.29 is 9.18 Å². The number of halogens is 1. The molecule has 5 nitrogen and oxygen atoms in total. The molecule has 0 unspecified atom stereocenters. The van der Waals surface area contributed by atoms with E-state index in [0.717, 1.165) is 55.0 Å². The lowest BCUT2D eigenvalue weighted by Crippen LogP contribution is -2.48. The third kappa shape index (κ3) is 5.02. The number of rotatable bonds is 6. The normalized spacial score (nSPS) is 14.9. The molecule has 162 valence electrons. The number of pyridine rings is 1. The van der Waals surface area contributed by atoms with E-state index in [9.17, 15) is 9.18 Å². The Kier molecular flexibility index (Phi) is 6.47. The van der Waals surface area contributed by atoms with Gasteiger partial charge in [-0.1, -0.05) is 32.0 Å². The van der Waals surface area contributed by atoms with Crippen molar-refractivity contribution >= 4 is 22.5 Å². The predicted octanol–water partition coefficient (Wildman–Crippen LogP) is 4.05. The molecule has 1 aromatic heterocycles. The van der Waals surface area contributed by atoms with E-state index in [1.165, 1.54) is 12.1 Å². The zero-order valence-electron chi connectivity index (χ0n) is 18.1. The van der Waals surface area contributed by atoms with Crippen molar-refractivity contribution in [1.82, 2.24) is 15.2 Å². The lowest BCUT2D eigenvalue weighted by molar-refractivity contribution is 0.0949. The summed E-state index contributed by atoms with van der Waals surface area (Å²) in [6.07, 6.45) is 0. The van der Waals surface area contributed by atoms with Crippen LogP contribution in [-0.4, -0.2) is 55.1 Å². The maximum absolute atomic E-state index is 13.1. The van der Waals surface area contributed by atoms with Gasteiger partial charge in [-0.2, -0.15) is 0 Å². The number of hydrogen-bond donors (Lipinski definition) is 1. The molecule has 2 heterocycles. The fraction of sp³-hybridized carbons (Fsp3) is 0.360. The summed E-state index contributed by atoms with van der Waals surface area (Å²) in [4.78, 5) is 22.3. The largest absolute Gasteiger partial charge is 0.369 e. The van der Waals surface area contributed by atoms with Gasteiger partial charge in [-0.25, -0.2) is 4.39 Å². The number of nitrogens with one attached hydrogen (secondary N) is 1. The molecule has 0 saturated carbocycles. The first-order valence-corrected chi connectivity index (χ1v) is 10.9. The summed E-state index contributed by atoms with van der Waals surface area (Å²) in [5.41, 5.74) is 3.53. The maximum Gasteiger partial charge on any atom is 0.252 e. The minimum Gasteiger partial charge on any atom is -0.369 e. The van der Waals surface area contributed by atoms with Gasteiger partial charge in [0.2, 0.25) is 0 Å². The van der Waals surface area contributed by atoms with Crippen LogP contribution in [0.1, 0.15) is 35.8 Å². The molecule has 6 heteroatoms. The molecule has 1 fully saturated rings. The third-order valence-corrected chi connectivity index (χ3v) is 5.85. The van der Waals surface area contributed by atoms with Gasteiger partial charge in [0.15, 0.2) is 0 Å². The molecule has 3 aromatic rings. The number of piperazine rings is 1. The van der Waals surface area contributed by atoms with Crippen LogP contribution in [0.2, 0.25) is 0 Å². The predicted molar refractivity (Wildman–Crippen MR) is 123 cm³/mol. The number of nitrogens with zero attached hydrogens (tertiary/aromatic N) is 3. The SMILES string of the molecule is CC(C)c1cc(C(=O)NCCN2CCN(c3ccc(F)cc3)CC2)c2ccccc2n1. The number of anilines is 1. The van der Waals surface area contributed by atoms with Crippen LogP contribution in [0.5, 0.6) is 0 Å². The second-order valence-corrected chi connectivity index (χ2v) is 8.33. The van der Waals surface area contributed by atoms with Crippen molar-refractivity contribution in [3.63, 3.8) is 0 Å². The summed E-state index contributed by atoms with van der Waals surface area (Å²) in [6, 6.07) is 16.4. The van der Waals surface area contributed by atoms with E-state index in [1.807, 2.05) is 42.5 Å². The number of aromatic nitrogens is 1. The van der Waals surface area contributed by atoms with Crippen molar-refractivity contribution in [3.05, 3.63) is 71.7 Å². The lowest BCUT2D eigenvalue weighted by atomic mass is 10.0. The molecule has 0 bridgehead atoms. The number of carbonyl (C=O) groups is 1. The molecule has 1 aliphatic rings. The minimum atomic E-state index is -0.208. The van der Waals surface area contributed by atoms with E-state index in [-0.39, 0.29) is 17.6 Å². The first-order valence-electron chi connectivity index (χ1n) is 10.9. The highest BCUT2D eigenvalue weighted by Gasteiger charge is 2.18. The van der Waals surface area contributed by atoms with Crippen LogP contribution < -0.4 is 10.2 Å². The van der Waals surface area contributed by atoms with E-state index < -0.39 is 0 Å². The monoisotopic (exact) mass is 420 g/mol. The molecule has 0 radical (unpaired) electrons. The van der Waals surface area contributed by atoms with Crippen molar-refractivity contribution in [3.8, 4) is 0 Å². The van der Waals surface area contributed by atoms with Crippen LogP contribution in [0, 0.1) is 5.82 Å². The Morgan fingerprint density at radius 1 is 1.06 bits per heavy atom. The molecule has 2 aromatic carbocycles. The molecule has 1 N–H and O–H groups in total. The number of para-hydroxylation sites is 1. The molecule has 1 amide bonds. The lowest BCUT2D eigenvalue weighted by Gasteiger charge is -2.36. The second-order valence-electron chi connectivity index (χ2n) is 8.33. The van der Waals surface area contributed by atoms with Gasteiger partial charge < -0.3 is 10.2 Å². The minimum absolute atomic E-state index is 0.0505. The maximum atomic E-state index is 13.1. The van der Waals surface area contributed by atoms with Gasteiger partial charge in [0.1, 0.15) is 5.82 Å². The highest BCUT2D eigenvalue weighted by atomic mass is 19.1. The summed E-state index contributed by atoms with van der Waals surface area (Å²) in [5, 5.41) is 3.98. The molecule has 1 saturated heterocycles. The van der Waals surface area contributed by atoms with E-state index in [4.69, 9.17) is 4.98 Å². The van der Waals surface area contributed by atoms with Crippen LogP contribution in [0.4, 0.5) is 10.1 Å². The van der Waals surface area contributed by atoms with E-state index >= 15 is 0 Å². The summed E-state index contributed by atoms with van der Waals surface area (Å²) in [5.74, 6) is -0.000347. The zero-order chi connectivity index (χ0) is 21.8.